The first-order valence-electron chi connectivity index (χ1n) is 6.83. The van der Waals surface area contributed by atoms with Crippen molar-refractivity contribution in [1.29, 1.82) is 0 Å². The number of sulfone groups is 1. The van der Waals surface area contributed by atoms with Crippen LogP contribution in [-0.2, 0) is 16.9 Å². The number of benzene rings is 1. The average molecular weight is 321 g/mol. The predicted molar refractivity (Wildman–Crippen MR) is 85.4 cm³/mol. The molecule has 2 rings (SSSR count). The molecule has 118 valence electrons. The van der Waals surface area contributed by atoms with Crippen molar-refractivity contribution < 1.29 is 13.2 Å². The highest BCUT2D eigenvalue weighted by molar-refractivity contribution is 7.90. The minimum atomic E-state index is -3.09. The summed E-state index contributed by atoms with van der Waals surface area (Å²) in [5, 5.41) is 6.74. The molecule has 0 aliphatic rings. The van der Waals surface area contributed by atoms with Crippen molar-refractivity contribution in [1.82, 2.24) is 15.1 Å². The first kappa shape index (κ1) is 16.2. The molecule has 1 aromatic carbocycles. The van der Waals surface area contributed by atoms with Crippen LogP contribution in [0.5, 0.6) is 0 Å². The fourth-order valence-corrected chi connectivity index (χ4v) is 2.49. The van der Waals surface area contributed by atoms with Gasteiger partial charge in [0.2, 0.25) is 0 Å². The van der Waals surface area contributed by atoms with E-state index in [-0.39, 0.29) is 23.9 Å². The molecule has 0 spiro atoms. The standard InChI is InChI=1S/C15H19N3O3S/c1-11-4-6-12(7-5-11)14-10-13(17-18(14)2)15(19)16-8-9-22(3,20)21/h4-7,10H,8-9H2,1-3H3,(H,16,19). The van der Waals surface area contributed by atoms with Gasteiger partial charge in [-0.25, -0.2) is 8.42 Å². The SMILES string of the molecule is Cc1ccc(-c2cc(C(=O)NCCS(C)(=O)=O)nn2C)cc1. The summed E-state index contributed by atoms with van der Waals surface area (Å²) in [6, 6.07) is 9.62. The summed E-state index contributed by atoms with van der Waals surface area (Å²) in [6.07, 6.45) is 1.13. The van der Waals surface area contributed by atoms with E-state index in [4.69, 9.17) is 0 Å². The Labute approximate surface area is 130 Å². The van der Waals surface area contributed by atoms with E-state index < -0.39 is 9.84 Å². The lowest BCUT2D eigenvalue weighted by molar-refractivity contribution is 0.0950. The molecule has 0 saturated carbocycles. The van der Waals surface area contributed by atoms with Gasteiger partial charge in [-0.3, -0.25) is 9.48 Å². The number of nitrogens with one attached hydrogen (secondary N) is 1. The number of hydrogen-bond acceptors (Lipinski definition) is 4. The molecule has 0 atom stereocenters. The second-order valence-corrected chi connectivity index (χ2v) is 7.55. The van der Waals surface area contributed by atoms with Crippen molar-refractivity contribution in [3.8, 4) is 11.3 Å². The van der Waals surface area contributed by atoms with Crippen molar-refractivity contribution in [2.24, 2.45) is 7.05 Å². The summed E-state index contributed by atoms with van der Waals surface area (Å²) in [5.41, 5.74) is 3.22. The molecule has 0 radical (unpaired) electrons. The molecule has 0 bridgehead atoms. The summed E-state index contributed by atoms with van der Waals surface area (Å²) in [7, 11) is -1.33. The van der Waals surface area contributed by atoms with Gasteiger partial charge in [0, 0.05) is 19.8 Å². The van der Waals surface area contributed by atoms with E-state index in [0.29, 0.717) is 0 Å². The van der Waals surface area contributed by atoms with Crippen LogP contribution in [0.15, 0.2) is 30.3 Å². The molecule has 6 nitrogen and oxygen atoms in total. The van der Waals surface area contributed by atoms with Crippen LogP contribution >= 0.6 is 0 Å². The number of hydrogen-bond donors (Lipinski definition) is 1. The highest BCUT2D eigenvalue weighted by Gasteiger charge is 2.14. The fourth-order valence-electron chi connectivity index (χ4n) is 2.01. The topological polar surface area (TPSA) is 81.1 Å². The minimum absolute atomic E-state index is 0.0775. The number of aryl methyl sites for hydroxylation is 2. The molecule has 1 N–H and O–H groups in total. The van der Waals surface area contributed by atoms with Gasteiger partial charge in [-0.15, -0.1) is 0 Å². The van der Waals surface area contributed by atoms with Gasteiger partial charge >= 0.3 is 0 Å². The summed E-state index contributed by atoms with van der Waals surface area (Å²) in [5.74, 6) is -0.464. The monoisotopic (exact) mass is 321 g/mol. The smallest absolute Gasteiger partial charge is 0.271 e. The maximum absolute atomic E-state index is 12.0. The second kappa shape index (κ2) is 6.31. The van der Waals surface area contributed by atoms with Crippen molar-refractivity contribution in [3.63, 3.8) is 0 Å². The Morgan fingerprint density at radius 1 is 1.27 bits per heavy atom. The van der Waals surface area contributed by atoms with E-state index in [1.165, 1.54) is 0 Å². The molecule has 0 fully saturated rings. The van der Waals surface area contributed by atoms with Crippen LogP contribution in [0.25, 0.3) is 11.3 Å². The Kier molecular flexibility index (Phi) is 4.65. The zero-order valence-corrected chi connectivity index (χ0v) is 13.6. The minimum Gasteiger partial charge on any atom is -0.350 e. The van der Waals surface area contributed by atoms with Crippen molar-refractivity contribution in [2.75, 3.05) is 18.6 Å². The lowest BCUT2D eigenvalue weighted by atomic mass is 10.1. The van der Waals surface area contributed by atoms with Crippen LogP contribution in [0.3, 0.4) is 0 Å². The zero-order chi connectivity index (χ0) is 16.3. The summed E-state index contributed by atoms with van der Waals surface area (Å²) < 4.78 is 23.7. The number of nitrogens with zero attached hydrogens (tertiary/aromatic N) is 2. The number of carbonyl (C=O) groups is 1. The van der Waals surface area contributed by atoms with Gasteiger partial charge in [-0.05, 0) is 18.6 Å². The molecular formula is C15H19N3O3S. The van der Waals surface area contributed by atoms with E-state index in [0.717, 1.165) is 23.1 Å². The molecule has 1 heterocycles. The van der Waals surface area contributed by atoms with E-state index in [9.17, 15) is 13.2 Å². The summed E-state index contributed by atoms with van der Waals surface area (Å²) >= 11 is 0. The molecule has 0 saturated heterocycles. The Morgan fingerprint density at radius 3 is 2.50 bits per heavy atom. The van der Waals surface area contributed by atoms with Crippen LogP contribution in [-0.4, -0.2) is 42.7 Å². The summed E-state index contributed by atoms with van der Waals surface area (Å²) in [6.45, 7) is 2.09. The quantitative estimate of drug-likeness (QED) is 0.896. The van der Waals surface area contributed by atoms with Crippen LogP contribution in [0.4, 0.5) is 0 Å². The molecule has 22 heavy (non-hydrogen) atoms. The van der Waals surface area contributed by atoms with Crippen molar-refractivity contribution in [2.45, 2.75) is 6.92 Å². The summed E-state index contributed by atoms with van der Waals surface area (Å²) in [4.78, 5) is 12.0. The van der Waals surface area contributed by atoms with Crippen LogP contribution in [0.2, 0.25) is 0 Å². The number of aromatic nitrogens is 2. The number of carbonyl (C=O) groups excluding carboxylic acids is 1. The molecule has 1 amide bonds. The fraction of sp³-hybridized carbons (Fsp3) is 0.333. The van der Waals surface area contributed by atoms with E-state index >= 15 is 0 Å². The zero-order valence-electron chi connectivity index (χ0n) is 12.8. The lowest BCUT2D eigenvalue weighted by Crippen LogP contribution is -2.29. The molecule has 0 aliphatic carbocycles. The maximum atomic E-state index is 12.0. The first-order valence-corrected chi connectivity index (χ1v) is 8.89. The second-order valence-electron chi connectivity index (χ2n) is 5.29. The van der Waals surface area contributed by atoms with Gasteiger partial charge in [0.25, 0.3) is 5.91 Å². The van der Waals surface area contributed by atoms with Crippen LogP contribution in [0.1, 0.15) is 16.1 Å². The van der Waals surface area contributed by atoms with Gasteiger partial charge in [0.1, 0.15) is 9.84 Å². The Bertz CT molecular complexity index is 777. The first-order chi connectivity index (χ1) is 10.3. The van der Waals surface area contributed by atoms with Gasteiger partial charge in [0.15, 0.2) is 5.69 Å². The highest BCUT2D eigenvalue weighted by atomic mass is 32.2. The van der Waals surface area contributed by atoms with Gasteiger partial charge in [-0.2, -0.15) is 5.10 Å². The third kappa shape index (κ3) is 4.17. The predicted octanol–water partition coefficient (Wildman–Crippen LogP) is 1.17. The molecule has 0 unspecified atom stereocenters. The number of amides is 1. The van der Waals surface area contributed by atoms with Crippen LogP contribution in [0, 0.1) is 6.92 Å². The third-order valence-electron chi connectivity index (χ3n) is 3.22. The van der Waals surface area contributed by atoms with Crippen molar-refractivity contribution >= 4 is 15.7 Å². The molecule has 0 aliphatic heterocycles. The molecule has 7 heteroatoms. The van der Waals surface area contributed by atoms with E-state index in [1.54, 1.807) is 17.8 Å². The lowest BCUT2D eigenvalue weighted by Gasteiger charge is -2.01. The maximum Gasteiger partial charge on any atom is 0.271 e. The Balaban J connectivity index is 2.12. The average Bonchev–Trinajstić information content (AvgIpc) is 2.80. The van der Waals surface area contributed by atoms with Crippen LogP contribution < -0.4 is 5.32 Å². The van der Waals surface area contributed by atoms with E-state index in [1.807, 2.05) is 31.2 Å². The highest BCUT2D eigenvalue weighted by Crippen LogP contribution is 2.20. The Hall–Kier alpha value is -2.15. The van der Waals surface area contributed by atoms with Crippen molar-refractivity contribution in [3.05, 3.63) is 41.6 Å². The molecule has 1 aromatic heterocycles. The van der Waals surface area contributed by atoms with Gasteiger partial charge < -0.3 is 5.32 Å². The normalized spacial score (nSPS) is 11.4. The van der Waals surface area contributed by atoms with Gasteiger partial charge in [0.05, 0.1) is 11.4 Å². The molecule has 2 aromatic rings. The molecular weight excluding hydrogens is 302 g/mol. The third-order valence-corrected chi connectivity index (χ3v) is 4.16. The van der Waals surface area contributed by atoms with Gasteiger partial charge in [-0.1, -0.05) is 29.8 Å². The number of rotatable bonds is 5. The van der Waals surface area contributed by atoms with E-state index in [2.05, 4.69) is 10.4 Å². The largest absolute Gasteiger partial charge is 0.350 e. The Morgan fingerprint density at radius 2 is 1.91 bits per heavy atom.